The van der Waals surface area contributed by atoms with Crippen molar-refractivity contribution < 1.29 is 44.3 Å². The Morgan fingerprint density at radius 3 is 0.875 bits per heavy atom. The van der Waals surface area contributed by atoms with E-state index in [1.807, 2.05) is 36.4 Å². The van der Waals surface area contributed by atoms with E-state index >= 15 is 0 Å². The molecular formula is C12H21Cl2PRu. The summed E-state index contributed by atoms with van der Waals surface area (Å²) in [7, 11) is 0.446. The molecule has 16 heavy (non-hydrogen) atoms. The van der Waals surface area contributed by atoms with Crippen molar-refractivity contribution >= 4 is 7.92 Å². The molecule has 0 nitrogen and oxygen atoms in total. The van der Waals surface area contributed by atoms with Gasteiger partial charge in [-0.15, -0.1) is 7.92 Å². The average molecular weight is 368 g/mol. The van der Waals surface area contributed by atoms with Crippen molar-refractivity contribution in [3.8, 4) is 0 Å². The summed E-state index contributed by atoms with van der Waals surface area (Å²) in [5.41, 5.74) is 0. The molecule has 0 N–H and O–H groups in total. The van der Waals surface area contributed by atoms with Crippen LogP contribution in [0.5, 0.6) is 0 Å². The molecule has 0 atom stereocenters. The van der Waals surface area contributed by atoms with E-state index in [0.29, 0.717) is 7.92 Å². The van der Waals surface area contributed by atoms with Gasteiger partial charge in [-0.25, -0.2) is 0 Å². The maximum Gasteiger partial charge on any atom is 2.00 e. The van der Waals surface area contributed by atoms with Crippen molar-refractivity contribution in [1.82, 2.24) is 0 Å². The molecule has 0 aliphatic carbocycles. The Balaban J connectivity index is -0.0000000760. The number of rotatable bonds is 3. The van der Waals surface area contributed by atoms with E-state index in [1.54, 1.807) is 0 Å². The van der Waals surface area contributed by atoms with Gasteiger partial charge < -0.3 is 24.8 Å². The average Bonchev–Trinajstić information content (AvgIpc) is 2.24. The summed E-state index contributed by atoms with van der Waals surface area (Å²) in [5.74, 6) is 0. The molecule has 1 aromatic carbocycles. The summed E-state index contributed by atoms with van der Waals surface area (Å²) in [6, 6.07) is 12.0. The summed E-state index contributed by atoms with van der Waals surface area (Å²) in [6.45, 7) is 6.87. The van der Waals surface area contributed by atoms with E-state index in [1.165, 1.54) is 18.5 Å². The molecular weight excluding hydrogens is 347 g/mol. The van der Waals surface area contributed by atoms with Gasteiger partial charge in [-0.05, 0) is 18.5 Å². The zero-order valence-electron chi connectivity index (χ0n) is 10.1. The van der Waals surface area contributed by atoms with Gasteiger partial charge in [-0.1, -0.05) is 57.2 Å². The second kappa shape index (κ2) is 21.2. The fourth-order valence-electron chi connectivity index (χ4n) is 1.06. The molecule has 0 amide bonds. The third-order valence-corrected chi connectivity index (χ3v) is 4.69. The fraction of sp³-hybridized carbons (Fsp3) is 0.500. The smallest absolute Gasteiger partial charge is 1.00 e. The van der Waals surface area contributed by atoms with E-state index in [2.05, 4.69) is 20.8 Å². The van der Waals surface area contributed by atoms with Crippen LogP contribution in [0.25, 0.3) is 0 Å². The second-order valence-corrected chi connectivity index (χ2v) is 6.01. The molecule has 0 heterocycles. The Morgan fingerprint density at radius 2 is 0.812 bits per heavy atom. The number of hydrogen-bond donors (Lipinski definition) is 0. The first-order valence-corrected chi connectivity index (χ1v) is 6.97. The molecule has 0 saturated heterocycles. The quantitative estimate of drug-likeness (QED) is 0.437. The molecule has 1 aromatic rings. The van der Waals surface area contributed by atoms with E-state index in [0.717, 1.165) is 0 Å². The van der Waals surface area contributed by atoms with Crippen molar-refractivity contribution in [3.63, 3.8) is 0 Å². The number of benzene rings is 1. The van der Waals surface area contributed by atoms with Gasteiger partial charge in [0.25, 0.3) is 0 Å². The Labute approximate surface area is 127 Å². The van der Waals surface area contributed by atoms with Gasteiger partial charge in [0.2, 0.25) is 0 Å². The first kappa shape index (κ1) is 25.6. The minimum atomic E-state index is 0. The summed E-state index contributed by atoms with van der Waals surface area (Å²) >= 11 is 0. The van der Waals surface area contributed by atoms with Crippen molar-refractivity contribution in [2.45, 2.75) is 20.8 Å². The van der Waals surface area contributed by atoms with Gasteiger partial charge in [-0.3, -0.25) is 0 Å². The molecule has 96 valence electrons. The van der Waals surface area contributed by atoms with Crippen molar-refractivity contribution in [2.24, 2.45) is 0 Å². The maximum atomic E-state index is 2.29. The van der Waals surface area contributed by atoms with Gasteiger partial charge in [0.15, 0.2) is 0 Å². The minimum Gasteiger partial charge on any atom is -1.00 e. The summed E-state index contributed by atoms with van der Waals surface area (Å²) in [6.07, 6.45) is 4.26. The van der Waals surface area contributed by atoms with Gasteiger partial charge >= 0.3 is 19.5 Å². The van der Waals surface area contributed by atoms with Crippen LogP contribution in [0.1, 0.15) is 20.8 Å². The molecule has 0 aliphatic heterocycles. The third kappa shape index (κ3) is 17.3. The van der Waals surface area contributed by atoms with E-state index in [-0.39, 0.29) is 44.3 Å². The van der Waals surface area contributed by atoms with Gasteiger partial charge in [0.05, 0.1) is 0 Å². The third-order valence-electron chi connectivity index (χ3n) is 2.01. The molecule has 0 fully saturated rings. The van der Waals surface area contributed by atoms with Crippen LogP contribution >= 0.6 is 7.92 Å². The first-order chi connectivity index (χ1) is 6.35. The van der Waals surface area contributed by atoms with E-state index in [4.69, 9.17) is 0 Å². The SMILES string of the molecule is CCP(CC)CC.[Cl-].[Cl-].[Ru+2].c1ccccc1. The predicted octanol–water partition coefficient (Wildman–Crippen LogP) is -1.78. The number of hydrogen-bond acceptors (Lipinski definition) is 0. The van der Waals surface area contributed by atoms with Gasteiger partial charge in [-0.2, -0.15) is 0 Å². The van der Waals surface area contributed by atoms with Crippen LogP contribution in [-0.2, 0) is 19.5 Å². The molecule has 0 radical (unpaired) electrons. The Kier molecular flexibility index (Phi) is 33.9. The molecule has 1 rings (SSSR count). The molecule has 0 aromatic heterocycles. The summed E-state index contributed by atoms with van der Waals surface area (Å²) in [5, 5.41) is 0. The van der Waals surface area contributed by atoms with Crippen LogP contribution in [0.15, 0.2) is 36.4 Å². The minimum absolute atomic E-state index is 0. The van der Waals surface area contributed by atoms with Crippen LogP contribution in [0.3, 0.4) is 0 Å². The molecule has 4 heteroatoms. The van der Waals surface area contributed by atoms with E-state index < -0.39 is 0 Å². The van der Waals surface area contributed by atoms with Crippen LogP contribution in [0.4, 0.5) is 0 Å². The number of halogens is 2. The van der Waals surface area contributed by atoms with Crippen LogP contribution in [-0.4, -0.2) is 18.5 Å². The normalized spacial score (nSPS) is 7.50. The van der Waals surface area contributed by atoms with Crippen LogP contribution in [0, 0.1) is 0 Å². The molecule has 0 unspecified atom stereocenters. The van der Waals surface area contributed by atoms with Crippen molar-refractivity contribution in [2.75, 3.05) is 18.5 Å². The van der Waals surface area contributed by atoms with Gasteiger partial charge in [0.1, 0.15) is 0 Å². The molecule has 0 bridgehead atoms. The monoisotopic (exact) mass is 368 g/mol. The topological polar surface area (TPSA) is 0 Å². The molecule has 0 spiro atoms. The standard InChI is InChI=1S/C6H15P.C6H6.2ClH.Ru/c1-4-7(5-2)6-3;1-2-4-6-5-3-1;;;/h4-6H2,1-3H3;1-6H;2*1H;/q;;;;+2/p-2. The zero-order chi connectivity index (χ0) is 9.94. The first-order valence-electron chi connectivity index (χ1n) is 5.07. The Bertz CT molecular complexity index is 149. The predicted molar refractivity (Wildman–Crippen MR) is 65.0 cm³/mol. The van der Waals surface area contributed by atoms with Crippen molar-refractivity contribution in [3.05, 3.63) is 36.4 Å². The van der Waals surface area contributed by atoms with E-state index in [9.17, 15) is 0 Å². The Morgan fingerprint density at radius 1 is 0.625 bits per heavy atom. The maximum absolute atomic E-state index is 2.29. The van der Waals surface area contributed by atoms with Crippen LogP contribution < -0.4 is 24.8 Å². The largest absolute Gasteiger partial charge is 2.00 e. The summed E-state index contributed by atoms with van der Waals surface area (Å²) in [4.78, 5) is 0. The van der Waals surface area contributed by atoms with Crippen molar-refractivity contribution in [1.29, 1.82) is 0 Å². The fourth-order valence-corrected chi connectivity index (χ4v) is 2.40. The van der Waals surface area contributed by atoms with Gasteiger partial charge in [0, 0.05) is 0 Å². The van der Waals surface area contributed by atoms with Crippen LogP contribution in [0.2, 0.25) is 0 Å². The second-order valence-electron chi connectivity index (χ2n) is 2.77. The summed E-state index contributed by atoms with van der Waals surface area (Å²) < 4.78 is 0. The molecule has 0 aliphatic rings. The molecule has 0 saturated carbocycles. The zero-order valence-corrected chi connectivity index (χ0v) is 14.3. The Hall–Kier alpha value is 0.853.